The molecule has 3 rings (SSSR count). The first-order valence-electron chi connectivity index (χ1n) is 12.9. The molecule has 1 aromatic heterocycles. The minimum atomic E-state index is -5.08. The average molecular weight is 554 g/mol. The van der Waals surface area contributed by atoms with Gasteiger partial charge in [-0.05, 0) is 43.7 Å². The molecule has 0 unspecified atom stereocenters. The fourth-order valence-electron chi connectivity index (χ4n) is 4.29. The number of aryl methyl sites for hydroxylation is 1. The molecular formula is C28H38F3N3O5. The van der Waals surface area contributed by atoms with Crippen LogP contribution in [0.4, 0.5) is 13.2 Å². The van der Waals surface area contributed by atoms with Gasteiger partial charge in [0.2, 0.25) is 5.62 Å². The minimum Gasteiger partial charge on any atom is -0.475 e. The summed E-state index contributed by atoms with van der Waals surface area (Å²) >= 11 is 0. The third kappa shape index (κ3) is 7.39. The first-order chi connectivity index (χ1) is 17.8. The Morgan fingerprint density at radius 1 is 1.08 bits per heavy atom. The van der Waals surface area contributed by atoms with Crippen molar-refractivity contribution >= 4 is 17.7 Å². The number of aromatic nitrogens is 2. The third-order valence-corrected chi connectivity index (χ3v) is 7.06. The molecule has 0 aliphatic carbocycles. The summed E-state index contributed by atoms with van der Waals surface area (Å²) in [5, 5.41) is 15.6. The molecule has 2 heterocycles. The van der Waals surface area contributed by atoms with Crippen LogP contribution in [0.3, 0.4) is 0 Å². The zero-order valence-corrected chi connectivity index (χ0v) is 23.5. The van der Waals surface area contributed by atoms with Crippen LogP contribution in [0.25, 0.3) is 0 Å². The predicted octanol–water partition coefficient (Wildman–Crippen LogP) is 5.61. The summed E-state index contributed by atoms with van der Waals surface area (Å²) in [5.74, 6) is -1.88. The molecule has 1 aliphatic heterocycles. The monoisotopic (exact) mass is 553 g/mol. The molecule has 0 saturated heterocycles. The van der Waals surface area contributed by atoms with Gasteiger partial charge in [-0.3, -0.25) is 15.0 Å². The molecule has 2 N–H and O–H groups in total. The number of ketones is 1. The number of carboxylic acids is 1. The summed E-state index contributed by atoms with van der Waals surface area (Å²) in [7, 11) is 0. The molecule has 0 saturated carbocycles. The van der Waals surface area contributed by atoms with Gasteiger partial charge in [-0.1, -0.05) is 47.5 Å². The quantitative estimate of drug-likeness (QED) is 0.251. The predicted molar refractivity (Wildman–Crippen MR) is 139 cm³/mol. The number of nitrogens with zero attached hydrogens (tertiary/aromatic N) is 2. The maximum absolute atomic E-state index is 13.3. The summed E-state index contributed by atoms with van der Waals surface area (Å²) in [4.78, 5) is 34.6. The van der Waals surface area contributed by atoms with E-state index in [0.717, 1.165) is 36.9 Å². The van der Waals surface area contributed by atoms with Crippen LogP contribution in [-0.2, 0) is 33.5 Å². The van der Waals surface area contributed by atoms with E-state index in [-0.39, 0.29) is 23.7 Å². The van der Waals surface area contributed by atoms with Crippen molar-refractivity contribution in [2.24, 2.45) is 5.92 Å². The Labute approximate surface area is 226 Å². The minimum absolute atomic E-state index is 0.0790. The van der Waals surface area contributed by atoms with Crippen molar-refractivity contribution in [3.8, 4) is 5.75 Å². The first-order valence-corrected chi connectivity index (χ1v) is 12.9. The van der Waals surface area contributed by atoms with Gasteiger partial charge in [-0.15, -0.1) is 0 Å². The van der Waals surface area contributed by atoms with Crippen molar-refractivity contribution in [2.45, 2.75) is 97.8 Å². The van der Waals surface area contributed by atoms with Gasteiger partial charge < -0.3 is 19.0 Å². The molecule has 2 aromatic rings. The number of hydrogen-bond acceptors (Lipinski definition) is 5. The zero-order chi connectivity index (χ0) is 29.9. The summed E-state index contributed by atoms with van der Waals surface area (Å²) in [6, 6.07) is 3.65. The Morgan fingerprint density at radius 3 is 2.10 bits per heavy atom. The largest absolute Gasteiger partial charge is 0.490 e. The average Bonchev–Trinajstić information content (AvgIpc) is 3.28. The molecular weight excluding hydrogens is 515 g/mol. The SMILES string of the molecule is CCC(CC)CCn1ccn(CC(=O)c2cc(C(C)(C)C)c3c(c2)C(C)(C)C(=O)O3)c1=N.O=C(O)C(F)(F)F. The van der Waals surface area contributed by atoms with E-state index >= 15 is 0 Å². The summed E-state index contributed by atoms with van der Waals surface area (Å²) in [5.41, 5.74) is 1.43. The molecule has 0 radical (unpaired) electrons. The molecule has 1 aromatic carbocycles. The lowest BCUT2D eigenvalue weighted by Crippen LogP contribution is -2.28. The van der Waals surface area contributed by atoms with Gasteiger partial charge in [0.1, 0.15) is 5.75 Å². The topological polar surface area (TPSA) is 114 Å². The molecule has 1 aliphatic rings. The molecule has 0 bridgehead atoms. The maximum Gasteiger partial charge on any atom is 0.490 e. The van der Waals surface area contributed by atoms with Gasteiger partial charge in [0.15, 0.2) is 5.78 Å². The number of ether oxygens (including phenoxy) is 1. The van der Waals surface area contributed by atoms with Crippen LogP contribution in [0, 0.1) is 11.3 Å². The van der Waals surface area contributed by atoms with E-state index in [1.165, 1.54) is 0 Å². The van der Waals surface area contributed by atoms with Gasteiger partial charge in [0.25, 0.3) is 0 Å². The molecule has 0 amide bonds. The number of fused-ring (bicyclic) bond motifs is 1. The Morgan fingerprint density at radius 2 is 1.62 bits per heavy atom. The molecule has 39 heavy (non-hydrogen) atoms. The second-order valence-electron chi connectivity index (χ2n) is 11.3. The number of carbonyl (C=O) groups is 3. The number of halogens is 3. The smallest absolute Gasteiger partial charge is 0.475 e. The fourth-order valence-corrected chi connectivity index (χ4v) is 4.29. The second-order valence-corrected chi connectivity index (χ2v) is 11.3. The van der Waals surface area contributed by atoms with Crippen molar-refractivity contribution < 1.29 is 37.4 Å². The van der Waals surface area contributed by atoms with E-state index in [4.69, 9.17) is 20.0 Å². The summed E-state index contributed by atoms with van der Waals surface area (Å²) in [6.45, 7) is 15.1. The van der Waals surface area contributed by atoms with Crippen LogP contribution in [0.15, 0.2) is 24.5 Å². The Kier molecular flexibility index (Phi) is 9.63. The maximum atomic E-state index is 13.3. The van der Waals surface area contributed by atoms with Gasteiger partial charge in [0.05, 0.1) is 12.0 Å². The van der Waals surface area contributed by atoms with Gasteiger partial charge in [-0.2, -0.15) is 13.2 Å². The number of aliphatic carboxylic acids is 1. The van der Waals surface area contributed by atoms with E-state index in [1.807, 2.05) is 57.6 Å². The number of nitrogens with one attached hydrogen (secondary N) is 1. The van der Waals surface area contributed by atoms with Crippen LogP contribution < -0.4 is 10.4 Å². The number of carbonyl (C=O) groups excluding carboxylic acids is 2. The third-order valence-electron chi connectivity index (χ3n) is 7.06. The Hall–Kier alpha value is -3.37. The number of benzene rings is 1. The highest BCUT2D eigenvalue weighted by Gasteiger charge is 2.44. The lowest BCUT2D eigenvalue weighted by atomic mass is 9.79. The van der Waals surface area contributed by atoms with Crippen LogP contribution in [-0.4, -0.2) is 38.1 Å². The molecule has 8 nitrogen and oxygen atoms in total. The van der Waals surface area contributed by atoms with Crippen molar-refractivity contribution in [3.63, 3.8) is 0 Å². The first kappa shape index (κ1) is 31.8. The van der Waals surface area contributed by atoms with Gasteiger partial charge in [-0.25, -0.2) is 4.79 Å². The fraction of sp³-hybridized carbons (Fsp3) is 0.571. The number of esters is 1. The molecule has 216 valence electrons. The second kappa shape index (κ2) is 11.8. The number of rotatable bonds is 8. The number of carboxylic acid groups (broad SMARTS) is 1. The van der Waals surface area contributed by atoms with Crippen LogP contribution in [0.1, 0.15) is 89.2 Å². The molecule has 11 heteroatoms. The highest BCUT2D eigenvalue weighted by atomic mass is 19.4. The summed E-state index contributed by atoms with van der Waals surface area (Å²) < 4.78 is 41.0. The Balaban J connectivity index is 0.000000673. The lowest BCUT2D eigenvalue weighted by Gasteiger charge is -2.23. The number of Topliss-reactive ketones (excluding diaryl/α,β-unsaturated/α-hetero) is 1. The number of hydrogen-bond donors (Lipinski definition) is 2. The molecule has 0 fully saturated rings. The van der Waals surface area contributed by atoms with Crippen molar-refractivity contribution in [1.29, 1.82) is 5.41 Å². The van der Waals surface area contributed by atoms with Crippen molar-refractivity contribution in [2.75, 3.05) is 0 Å². The highest BCUT2D eigenvalue weighted by molar-refractivity contribution is 5.99. The van der Waals surface area contributed by atoms with Crippen molar-refractivity contribution in [3.05, 3.63) is 46.8 Å². The lowest BCUT2D eigenvalue weighted by molar-refractivity contribution is -0.192. The normalized spacial score (nSPS) is 14.5. The zero-order valence-electron chi connectivity index (χ0n) is 23.5. The van der Waals surface area contributed by atoms with Crippen LogP contribution in [0.2, 0.25) is 0 Å². The molecule has 0 atom stereocenters. The number of alkyl halides is 3. The van der Waals surface area contributed by atoms with Crippen LogP contribution >= 0.6 is 0 Å². The molecule has 0 spiro atoms. The van der Waals surface area contributed by atoms with Gasteiger partial charge >= 0.3 is 18.1 Å². The summed E-state index contributed by atoms with van der Waals surface area (Å²) in [6.07, 6.45) is 1.92. The standard InChI is InChI=1S/C26H37N3O3.C2HF3O2/c1-8-17(9-2)10-11-28-12-13-29(24(28)27)16-21(30)18-14-19(25(3,4)5)22-20(15-18)26(6,7)23(31)32-22;3-2(4,5)1(6)7/h12-15,17,27H,8-11,16H2,1-7H3;(H,6,7). The van der Waals surface area contributed by atoms with E-state index in [1.54, 1.807) is 10.6 Å². The van der Waals surface area contributed by atoms with E-state index in [2.05, 4.69) is 13.8 Å². The highest BCUT2D eigenvalue weighted by Crippen LogP contribution is 2.46. The van der Waals surface area contributed by atoms with E-state index < -0.39 is 17.6 Å². The number of imidazole rings is 1. The van der Waals surface area contributed by atoms with Gasteiger partial charge in [0, 0.05) is 35.6 Å². The van der Waals surface area contributed by atoms with E-state index in [9.17, 15) is 22.8 Å². The van der Waals surface area contributed by atoms with Crippen molar-refractivity contribution in [1.82, 2.24) is 9.13 Å². The van der Waals surface area contributed by atoms with Crippen LogP contribution in [0.5, 0.6) is 5.75 Å². The Bertz CT molecular complexity index is 1280. The van der Waals surface area contributed by atoms with E-state index in [0.29, 0.717) is 22.8 Å².